The van der Waals surface area contributed by atoms with Crippen LogP contribution < -0.4 is 5.32 Å². The van der Waals surface area contributed by atoms with Gasteiger partial charge >= 0.3 is 5.97 Å². The van der Waals surface area contributed by atoms with Gasteiger partial charge in [-0.15, -0.1) is 0 Å². The third kappa shape index (κ3) is 6.01. The number of carbonyl (C=O) groups is 2. The molecule has 0 fully saturated rings. The van der Waals surface area contributed by atoms with E-state index in [-0.39, 0.29) is 30.9 Å². The Hall–Kier alpha value is -4.24. The molecule has 0 saturated heterocycles. The van der Waals surface area contributed by atoms with Gasteiger partial charge in [-0.25, -0.2) is 4.79 Å². The molecule has 0 spiro atoms. The van der Waals surface area contributed by atoms with Gasteiger partial charge in [0.25, 0.3) is 0 Å². The molecule has 0 aliphatic rings. The van der Waals surface area contributed by atoms with Crippen molar-refractivity contribution in [3.63, 3.8) is 0 Å². The number of phenols is 4. The molecule has 0 aromatic heterocycles. The zero-order valence-corrected chi connectivity index (χ0v) is 19.0. The number of aliphatic hydroxyl groups excluding tert-OH is 1. The Labute approximate surface area is 201 Å². The van der Waals surface area contributed by atoms with Crippen LogP contribution >= 0.6 is 0 Å². The van der Waals surface area contributed by atoms with Crippen LogP contribution in [0.25, 0.3) is 0 Å². The van der Waals surface area contributed by atoms with E-state index in [0.29, 0.717) is 22.3 Å². The quantitative estimate of drug-likeness (QED) is 0.201. The number of ether oxygens (including phenoxy) is 1. The summed E-state index contributed by atoms with van der Waals surface area (Å²) in [6, 6.07) is 14.2. The molecule has 0 aliphatic carbocycles. The molecule has 3 aromatic carbocycles. The van der Waals surface area contributed by atoms with Crippen molar-refractivity contribution < 1.29 is 39.9 Å². The highest BCUT2D eigenvalue weighted by Gasteiger charge is 2.28. The van der Waals surface area contributed by atoms with Crippen molar-refractivity contribution in [2.75, 3.05) is 13.7 Å². The SMILES string of the molecule is COC(=O)[C@@H](NC(=O)C[C@@H](c1ccc(O)c(O)c1)c1cc(O)c(O)cc1CCO)c1ccccc1. The van der Waals surface area contributed by atoms with Crippen LogP contribution in [-0.2, 0) is 20.7 Å². The van der Waals surface area contributed by atoms with Crippen molar-refractivity contribution in [2.24, 2.45) is 0 Å². The number of aliphatic hydroxyl groups is 1. The second kappa shape index (κ2) is 11.3. The van der Waals surface area contributed by atoms with Gasteiger partial charge in [0.15, 0.2) is 29.0 Å². The van der Waals surface area contributed by atoms with Gasteiger partial charge in [0.1, 0.15) is 0 Å². The number of rotatable bonds is 9. The van der Waals surface area contributed by atoms with Crippen molar-refractivity contribution in [2.45, 2.75) is 24.8 Å². The molecule has 0 saturated carbocycles. The number of benzene rings is 3. The predicted molar refractivity (Wildman–Crippen MR) is 126 cm³/mol. The molecule has 0 aliphatic heterocycles. The van der Waals surface area contributed by atoms with Crippen molar-refractivity contribution in [1.29, 1.82) is 0 Å². The average Bonchev–Trinajstić information content (AvgIpc) is 2.85. The van der Waals surface area contributed by atoms with Gasteiger partial charge in [0, 0.05) is 18.9 Å². The first-order valence-corrected chi connectivity index (χ1v) is 10.8. The fourth-order valence-corrected chi connectivity index (χ4v) is 3.91. The second-order valence-electron chi connectivity index (χ2n) is 7.95. The molecule has 0 heterocycles. The third-order valence-corrected chi connectivity index (χ3v) is 5.66. The van der Waals surface area contributed by atoms with Gasteiger partial charge in [-0.3, -0.25) is 4.79 Å². The molecular formula is C26H27NO8. The van der Waals surface area contributed by atoms with Crippen LogP contribution in [0.3, 0.4) is 0 Å². The zero-order valence-electron chi connectivity index (χ0n) is 19.0. The Morgan fingerprint density at radius 3 is 2.14 bits per heavy atom. The first-order valence-electron chi connectivity index (χ1n) is 10.8. The van der Waals surface area contributed by atoms with Gasteiger partial charge in [-0.1, -0.05) is 36.4 Å². The van der Waals surface area contributed by atoms with E-state index in [9.17, 15) is 35.1 Å². The maximum atomic E-state index is 13.2. The molecule has 2 atom stereocenters. The summed E-state index contributed by atoms with van der Waals surface area (Å²) in [6.07, 6.45) is -0.104. The largest absolute Gasteiger partial charge is 0.504 e. The smallest absolute Gasteiger partial charge is 0.333 e. The molecule has 9 nitrogen and oxygen atoms in total. The summed E-state index contributed by atoms with van der Waals surface area (Å²) in [4.78, 5) is 25.6. The van der Waals surface area contributed by atoms with Gasteiger partial charge in [0.05, 0.1) is 7.11 Å². The maximum Gasteiger partial charge on any atom is 0.333 e. The normalized spacial score (nSPS) is 12.5. The minimum atomic E-state index is -1.06. The lowest BCUT2D eigenvalue weighted by molar-refractivity contribution is -0.145. The second-order valence-corrected chi connectivity index (χ2v) is 7.95. The Kier molecular flexibility index (Phi) is 8.17. The fraction of sp³-hybridized carbons (Fsp3) is 0.231. The molecule has 0 radical (unpaired) electrons. The third-order valence-electron chi connectivity index (χ3n) is 5.66. The first kappa shape index (κ1) is 25.4. The molecule has 6 N–H and O–H groups in total. The maximum absolute atomic E-state index is 13.2. The number of amides is 1. The highest BCUT2D eigenvalue weighted by atomic mass is 16.5. The Morgan fingerprint density at radius 2 is 1.51 bits per heavy atom. The molecule has 0 unspecified atom stereocenters. The standard InChI is InChI=1S/C26H27NO8/c1-35-26(34)25(15-5-3-2-4-6-15)27-24(33)14-19(16-7-8-20(29)21(30)11-16)18-13-23(32)22(31)12-17(18)9-10-28/h2-8,11-13,19,25,28-32H,9-10,14H2,1H3,(H,27,33)/t19-,25-/m0/s1. The van der Waals surface area contributed by atoms with Crippen LogP contribution in [0, 0.1) is 0 Å². The van der Waals surface area contributed by atoms with Gasteiger partial charge in [-0.05, 0) is 52.9 Å². The summed E-state index contributed by atoms with van der Waals surface area (Å²) in [6.45, 7) is -0.255. The summed E-state index contributed by atoms with van der Waals surface area (Å²) in [5.41, 5.74) is 1.84. The minimum Gasteiger partial charge on any atom is -0.504 e. The Balaban J connectivity index is 2.02. The van der Waals surface area contributed by atoms with E-state index < -0.39 is 35.3 Å². The van der Waals surface area contributed by atoms with E-state index in [0.717, 1.165) is 0 Å². The van der Waals surface area contributed by atoms with Crippen molar-refractivity contribution in [3.8, 4) is 23.0 Å². The topological polar surface area (TPSA) is 157 Å². The lowest BCUT2D eigenvalue weighted by Crippen LogP contribution is -2.35. The predicted octanol–water partition coefficient (Wildman–Crippen LogP) is 2.60. The highest BCUT2D eigenvalue weighted by molar-refractivity contribution is 5.86. The van der Waals surface area contributed by atoms with E-state index in [1.807, 2.05) is 0 Å². The van der Waals surface area contributed by atoms with E-state index >= 15 is 0 Å². The number of phenolic OH excluding ortho intramolecular Hbond substituents is 4. The van der Waals surface area contributed by atoms with Crippen LogP contribution in [0.1, 0.15) is 40.6 Å². The summed E-state index contributed by atoms with van der Waals surface area (Å²) in [5.74, 6) is -3.54. The van der Waals surface area contributed by atoms with E-state index in [1.54, 1.807) is 30.3 Å². The van der Waals surface area contributed by atoms with Crippen molar-refractivity contribution >= 4 is 11.9 Å². The Bertz CT molecular complexity index is 1200. The highest BCUT2D eigenvalue weighted by Crippen LogP contribution is 2.39. The monoisotopic (exact) mass is 481 g/mol. The minimum absolute atomic E-state index is 0.125. The first-order chi connectivity index (χ1) is 16.7. The van der Waals surface area contributed by atoms with Crippen molar-refractivity contribution in [1.82, 2.24) is 5.32 Å². The number of hydrogen-bond donors (Lipinski definition) is 6. The molecule has 35 heavy (non-hydrogen) atoms. The fourth-order valence-electron chi connectivity index (χ4n) is 3.91. The summed E-state index contributed by atoms with van der Waals surface area (Å²) in [7, 11) is 1.22. The van der Waals surface area contributed by atoms with Gasteiger partial charge in [0.2, 0.25) is 5.91 Å². The number of nitrogens with one attached hydrogen (secondary N) is 1. The Morgan fingerprint density at radius 1 is 0.857 bits per heavy atom. The molecule has 3 rings (SSSR count). The molecule has 0 bridgehead atoms. The van der Waals surface area contributed by atoms with Crippen LogP contribution in [0.4, 0.5) is 0 Å². The lowest BCUT2D eigenvalue weighted by Gasteiger charge is -2.23. The van der Waals surface area contributed by atoms with E-state index in [1.165, 1.54) is 37.4 Å². The van der Waals surface area contributed by atoms with Crippen LogP contribution in [0.15, 0.2) is 60.7 Å². The van der Waals surface area contributed by atoms with E-state index in [4.69, 9.17) is 4.74 Å². The summed E-state index contributed by atoms with van der Waals surface area (Å²) >= 11 is 0. The number of methoxy groups -OCH3 is 1. The van der Waals surface area contributed by atoms with Crippen LogP contribution in [0.5, 0.6) is 23.0 Å². The molecule has 9 heteroatoms. The molecule has 184 valence electrons. The average molecular weight is 482 g/mol. The molecule has 1 amide bonds. The molecular weight excluding hydrogens is 454 g/mol. The summed E-state index contributed by atoms with van der Waals surface area (Å²) in [5, 5.41) is 52.1. The zero-order chi connectivity index (χ0) is 25.5. The molecule has 3 aromatic rings. The number of aromatic hydroxyl groups is 4. The van der Waals surface area contributed by atoms with Crippen LogP contribution in [-0.4, -0.2) is 51.1 Å². The van der Waals surface area contributed by atoms with E-state index in [2.05, 4.69) is 5.32 Å². The van der Waals surface area contributed by atoms with Crippen LogP contribution in [0.2, 0.25) is 0 Å². The van der Waals surface area contributed by atoms with Crippen molar-refractivity contribution in [3.05, 3.63) is 82.9 Å². The van der Waals surface area contributed by atoms with Gasteiger partial charge < -0.3 is 35.6 Å². The van der Waals surface area contributed by atoms with Gasteiger partial charge in [-0.2, -0.15) is 0 Å². The number of esters is 1. The number of hydrogen-bond acceptors (Lipinski definition) is 8. The number of carbonyl (C=O) groups excluding carboxylic acids is 2. The summed E-state index contributed by atoms with van der Waals surface area (Å²) < 4.78 is 4.85. The lowest BCUT2D eigenvalue weighted by atomic mass is 9.84.